The third kappa shape index (κ3) is 3.56. The molecule has 0 spiro atoms. The Bertz CT molecular complexity index is 436. The van der Waals surface area contributed by atoms with E-state index in [4.69, 9.17) is 33.7 Å². The molecule has 2 N–H and O–H groups in total. The van der Waals surface area contributed by atoms with Crippen LogP contribution >= 0.6 is 23.2 Å². The highest BCUT2D eigenvalue weighted by molar-refractivity contribution is 6.35. The van der Waals surface area contributed by atoms with Gasteiger partial charge in [-0.1, -0.05) is 36.5 Å². The summed E-state index contributed by atoms with van der Waals surface area (Å²) in [5.41, 5.74) is 6.65. The molecule has 106 valence electrons. The Kier molecular flexibility index (Phi) is 5.37. The van der Waals surface area contributed by atoms with Crippen molar-refractivity contribution in [3.63, 3.8) is 0 Å². The van der Waals surface area contributed by atoms with E-state index in [1.54, 1.807) is 6.07 Å². The minimum atomic E-state index is 0.253. The summed E-state index contributed by atoms with van der Waals surface area (Å²) in [6, 6.07) is 3.56. The van der Waals surface area contributed by atoms with Gasteiger partial charge in [-0.25, -0.2) is 0 Å². The predicted molar refractivity (Wildman–Crippen MR) is 81.0 cm³/mol. The van der Waals surface area contributed by atoms with Crippen LogP contribution in [0.3, 0.4) is 0 Å². The van der Waals surface area contributed by atoms with E-state index >= 15 is 0 Å². The molecule has 1 aliphatic carbocycles. The minimum Gasteiger partial charge on any atom is -0.488 e. The number of ether oxygens (including phenoxy) is 1. The summed E-state index contributed by atoms with van der Waals surface area (Å²) < 4.78 is 6.20. The van der Waals surface area contributed by atoms with Gasteiger partial charge in [-0.05, 0) is 43.7 Å². The van der Waals surface area contributed by atoms with E-state index in [0.29, 0.717) is 22.5 Å². The summed E-state index contributed by atoms with van der Waals surface area (Å²) in [5.74, 6) is 1.34. The highest BCUT2D eigenvalue weighted by Gasteiger charge is 2.26. The second-order valence-corrected chi connectivity index (χ2v) is 6.03. The second-order valence-electron chi connectivity index (χ2n) is 5.19. The number of halogens is 2. The Labute approximate surface area is 125 Å². The molecule has 19 heavy (non-hydrogen) atoms. The van der Waals surface area contributed by atoms with Crippen LogP contribution < -0.4 is 10.5 Å². The number of nitrogens with two attached hydrogens (primary N) is 1. The molecule has 0 heterocycles. The Morgan fingerprint density at radius 3 is 2.68 bits per heavy atom. The van der Waals surface area contributed by atoms with Crippen LogP contribution in [-0.4, -0.2) is 6.10 Å². The first kappa shape index (κ1) is 15.0. The molecule has 0 aliphatic heterocycles. The zero-order valence-corrected chi connectivity index (χ0v) is 12.8. The maximum Gasteiger partial charge on any atom is 0.142 e. The highest BCUT2D eigenvalue weighted by Crippen LogP contribution is 2.37. The third-order valence-electron chi connectivity index (χ3n) is 3.94. The molecule has 1 fully saturated rings. The summed E-state index contributed by atoms with van der Waals surface area (Å²) in [4.78, 5) is 0. The molecule has 0 saturated heterocycles. The van der Waals surface area contributed by atoms with Crippen molar-refractivity contribution in [1.82, 2.24) is 0 Å². The topological polar surface area (TPSA) is 35.2 Å². The van der Waals surface area contributed by atoms with E-state index in [9.17, 15) is 0 Å². The highest BCUT2D eigenvalue weighted by atomic mass is 35.5. The van der Waals surface area contributed by atoms with Crippen LogP contribution in [0.4, 0.5) is 0 Å². The first-order valence-corrected chi connectivity index (χ1v) is 7.76. The molecule has 0 radical (unpaired) electrons. The molecule has 1 aromatic rings. The van der Waals surface area contributed by atoms with Crippen LogP contribution in [0.5, 0.6) is 5.75 Å². The fraction of sp³-hybridized carbons (Fsp3) is 0.600. The SMILES string of the molecule is CCC1CCCCC1Oc1c(Cl)cc(Cl)cc1CN. The molecular weight excluding hydrogens is 281 g/mol. The molecule has 2 atom stereocenters. The van der Waals surface area contributed by atoms with Gasteiger partial charge in [-0.15, -0.1) is 0 Å². The molecule has 1 saturated carbocycles. The Morgan fingerprint density at radius 1 is 1.26 bits per heavy atom. The molecule has 0 aromatic heterocycles. The lowest BCUT2D eigenvalue weighted by Gasteiger charge is -2.32. The quantitative estimate of drug-likeness (QED) is 0.867. The van der Waals surface area contributed by atoms with Crippen molar-refractivity contribution < 1.29 is 4.74 Å². The van der Waals surface area contributed by atoms with Crippen molar-refractivity contribution in [3.8, 4) is 5.75 Å². The molecule has 0 amide bonds. The normalized spacial score (nSPS) is 23.4. The Hall–Kier alpha value is -0.440. The van der Waals surface area contributed by atoms with Crippen LogP contribution in [0.15, 0.2) is 12.1 Å². The predicted octanol–water partition coefficient (Wildman–Crippen LogP) is 4.80. The maximum absolute atomic E-state index is 6.26. The van der Waals surface area contributed by atoms with Gasteiger partial charge in [0.15, 0.2) is 0 Å². The van der Waals surface area contributed by atoms with Gasteiger partial charge in [-0.2, -0.15) is 0 Å². The van der Waals surface area contributed by atoms with Crippen molar-refractivity contribution in [2.75, 3.05) is 0 Å². The van der Waals surface area contributed by atoms with Crippen LogP contribution in [0.1, 0.15) is 44.6 Å². The van der Waals surface area contributed by atoms with Gasteiger partial charge < -0.3 is 10.5 Å². The first-order valence-electron chi connectivity index (χ1n) is 7.00. The lowest BCUT2D eigenvalue weighted by atomic mass is 9.84. The molecule has 1 aromatic carbocycles. The van der Waals surface area contributed by atoms with Gasteiger partial charge in [0.25, 0.3) is 0 Å². The molecule has 2 rings (SSSR count). The minimum absolute atomic E-state index is 0.253. The largest absolute Gasteiger partial charge is 0.488 e. The van der Waals surface area contributed by atoms with Gasteiger partial charge >= 0.3 is 0 Å². The monoisotopic (exact) mass is 301 g/mol. The molecule has 4 heteroatoms. The zero-order chi connectivity index (χ0) is 13.8. The van der Waals surface area contributed by atoms with Gasteiger partial charge in [-0.3, -0.25) is 0 Å². The Morgan fingerprint density at radius 2 is 2.00 bits per heavy atom. The van der Waals surface area contributed by atoms with E-state index in [1.165, 1.54) is 19.3 Å². The molecule has 1 aliphatic rings. The number of hydrogen-bond acceptors (Lipinski definition) is 2. The van der Waals surface area contributed by atoms with Crippen molar-refractivity contribution in [1.29, 1.82) is 0 Å². The molecular formula is C15H21Cl2NO. The first-order chi connectivity index (χ1) is 9.15. The van der Waals surface area contributed by atoms with E-state index in [1.807, 2.05) is 6.07 Å². The van der Waals surface area contributed by atoms with Crippen LogP contribution in [0, 0.1) is 5.92 Å². The molecule has 0 bridgehead atoms. The fourth-order valence-electron chi connectivity index (χ4n) is 2.84. The summed E-state index contributed by atoms with van der Waals surface area (Å²) in [5, 5.41) is 1.17. The van der Waals surface area contributed by atoms with Crippen molar-refractivity contribution in [3.05, 3.63) is 27.7 Å². The lowest BCUT2D eigenvalue weighted by Crippen LogP contribution is -2.30. The summed E-state index contributed by atoms with van der Waals surface area (Å²) >= 11 is 12.3. The van der Waals surface area contributed by atoms with Crippen LogP contribution in [0.2, 0.25) is 10.0 Å². The van der Waals surface area contributed by atoms with E-state index in [2.05, 4.69) is 6.92 Å². The van der Waals surface area contributed by atoms with Gasteiger partial charge in [0.2, 0.25) is 0 Å². The second kappa shape index (κ2) is 6.83. The van der Waals surface area contributed by atoms with Crippen LogP contribution in [0.25, 0.3) is 0 Å². The number of hydrogen-bond donors (Lipinski definition) is 1. The Balaban J connectivity index is 2.22. The summed E-state index contributed by atoms with van der Waals surface area (Å²) in [6.45, 7) is 2.61. The fourth-order valence-corrected chi connectivity index (χ4v) is 3.42. The standard InChI is InChI=1S/C15H21Cl2NO/c1-2-10-5-3-4-6-14(10)19-15-11(9-18)7-12(16)8-13(15)17/h7-8,10,14H,2-6,9,18H2,1H3. The summed E-state index contributed by atoms with van der Waals surface area (Å²) in [6.07, 6.45) is 6.27. The van der Waals surface area contributed by atoms with Gasteiger partial charge in [0, 0.05) is 17.1 Å². The van der Waals surface area contributed by atoms with Crippen molar-refractivity contribution in [2.45, 2.75) is 51.7 Å². The van der Waals surface area contributed by atoms with Gasteiger partial charge in [0.1, 0.15) is 11.9 Å². The van der Waals surface area contributed by atoms with Crippen molar-refractivity contribution in [2.24, 2.45) is 11.7 Å². The molecule has 2 nitrogen and oxygen atoms in total. The number of benzene rings is 1. The van der Waals surface area contributed by atoms with E-state index < -0.39 is 0 Å². The maximum atomic E-state index is 6.26. The zero-order valence-electron chi connectivity index (χ0n) is 11.3. The van der Waals surface area contributed by atoms with Crippen molar-refractivity contribution >= 4 is 23.2 Å². The van der Waals surface area contributed by atoms with E-state index in [-0.39, 0.29) is 6.10 Å². The van der Waals surface area contributed by atoms with Gasteiger partial charge in [0.05, 0.1) is 5.02 Å². The average molecular weight is 302 g/mol. The van der Waals surface area contributed by atoms with E-state index in [0.717, 1.165) is 24.2 Å². The third-order valence-corrected chi connectivity index (χ3v) is 4.44. The molecule has 2 unspecified atom stereocenters. The summed E-state index contributed by atoms with van der Waals surface area (Å²) in [7, 11) is 0. The lowest BCUT2D eigenvalue weighted by molar-refractivity contribution is 0.0895. The smallest absolute Gasteiger partial charge is 0.142 e. The average Bonchev–Trinajstić information content (AvgIpc) is 2.42. The number of rotatable bonds is 4. The van der Waals surface area contributed by atoms with Crippen LogP contribution in [-0.2, 0) is 6.54 Å².